The monoisotopic (exact) mass is 357 g/mol. The van der Waals surface area contributed by atoms with Gasteiger partial charge < -0.3 is 15.2 Å². The first-order chi connectivity index (χ1) is 9.97. The molecule has 0 saturated heterocycles. The normalized spacial score (nSPS) is 12.1. The van der Waals surface area contributed by atoms with Crippen LogP contribution in [0.15, 0.2) is 34.8 Å². The van der Waals surface area contributed by atoms with E-state index in [-0.39, 0.29) is 16.9 Å². The van der Waals surface area contributed by atoms with E-state index in [1.807, 2.05) is 0 Å². The predicted octanol–water partition coefficient (Wildman–Crippen LogP) is 3.79. The van der Waals surface area contributed by atoms with Gasteiger partial charge in [0.1, 0.15) is 11.6 Å². The minimum absolute atomic E-state index is 0.133. The summed E-state index contributed by atoms with van der Waals surface area (Å²) in [5.41, 5.74) is 6.32. The van der Waals surface area contributed by atoms with Gasteiger partial charge >= 0.3 is 0 Å². The van der Waals surface area contributed by atoms with Crippen LogP contribution < -0.4 is 15.2 Å². The van der Waals surface area contributed by atoms with Gasteiger partial charge in [-0.2, -0.15) is 0 Å². The summed E-state index contributed by atoms with van der Waals surface area (Å²) in [6.07, 6.45) is 0. The van der Waals surface area contributed by atoms with Crippen molar-refractivity contribution in [2.45, 2.75) is 6.04 Å². The molecule has 0 aliphatic heterocycles. The van der Waals surface area contributed by atoms with E-state index < -0.39 is 17.7 Å². The minimum Gasteiger partial charge on any atom is -0.493 e. The van der Waals surface area contributed by atoms with E-state index in [9.17, 15) is 8.78 Å². The van der Waals surface area contributed by atoms with Crippen molar-refractivity contribution in [3.8, 4) is 11.5 Å². The number of methoxy groups -OCH3 is 2. The highest BCUT2D eigenvalue weighted by Gasteiger charge is 2.20. The number of hydrogen-bond acceptors (Lipinski definition) is 3. The first-order valence-corrected chi connectivity index (χ1v) is 6.89. The van der Waals surface area contributed by atoms with Crippen molar-refractivity contribution in [3.05, 3.63) is 57.6 Å². The molecule has 0 heterocycles. The summed E-state index contributed by atoms with van der Waals surface area (Å²) >= 11 is 3.17. The molecule has 1 unspecified atom stereocenters. The van der Waals surface area contributed by atoms with Gasteiger partial charge in [-0.3, -0.25) is 0 Å². The maximum Gasteiger partial charge on any atom is 0.163 e. The molecule has 0 fully saturated rings. The Morgan fingerprint density at radius 2 is 1.52 bits per heavy atom. The molecule has 0 aromatic heterocycles. The fraction of sp³-hybridized carbons (Fsp3) is 0.200. The molecule has 0 spiro atoms. The number of ether oxygens (including phenoxy) is 2. The maximum absolute atomic E-state index is 14.2. The zero-order valence-corrected chi connectivity index (χ0v) is 13.1. The molecule has 3 nitrogen and oxygen atoms in total. The Balaban J connectivity index is 2.50. The summed E-state index contributed by atoms with van der Waals surface area (Å²) in [5.74, 6) is -0.502. The zero-order chi connectivity index (χ0) is 15.6. The Morgan fingerprint density at radius 1 is 0.952 bits per heavy atom. The van der Waals surface area contributed by atoms with Gasteiger partial charge in [-0.15, -0.1) is 0 Å². The average molecular weight is 358 g/mol. The molecule has 6 heteroatoms. The van der Waals surface area contributed by atoms with E-state index in [0.29, 0.717) is 10.2 Å². The van der Waals surface area contributed by atoms with Crippen molar-refractivity contribution in [2.24, 2.45) is 5.73 Å². The van der Waals surface area contributed by atoms with Crippen molar-refractivity contribution in [2.75, 3.05) is 14.2 Å². The summed E-state index contributed by atoms with van der Waals surface area (Å²) in [4.78, 5) is 0. The number of rotatable bonds is 4. The molecule has 0 saturated carbocycles. The van der Waals surface area contributed by atoms with Gasteiger partial charge in [0.2, 0.25) is 0 Å². The van der Waals surface area contributed by atoms with Crippen LogP contribution in [-0.4, -0.2) is 14.2 Å². The van der Waals surface area contributed by atoms with E-state index in [0.717, 1.165) is 0 Å². The summed E-state index contributed by atoms with van der Waals surface area (Å²) in [6, 6.07) is 6.09. The highest BCUT2D eigenvalue weighted by molar-refractivity contribution is 9.10. The topological polar surface area (TPSA) is 44.5 Å². The molecular formula is C15H14BrF2NO2. The molecule has 0 radical (unpaired) electrons. The Bertz CT molecular complexity index is 664. The SMILES string of the molecule is COc1cc(F)c(C(N)c2ccc(Br)cc2F)cc1OC. The van der Waals surface area contributed by atoms with Gasteiger partial charge in [0.05, 0.1) is 20.3 Å². The standard InChI is InChI=1S/C15H14BrF2NO2/c1-20-13-6-10(12(18)7-14(13)21-2)15(19)9-4-3-8(16)5-11(9)17/h3-7,15H,19H2,1-2H3. The highest BCUT2D eigenvalue weighted by atomic mass is 79.9. The molecule has 21 heavy (non-hydrogen) atoms. The molecular weight excluding hydrogens is 344 g/mol. The molecule has 1 atom stereocenters. The summed E-state index contributed by atoms with van der Waals surface area (Å²) in [6.45, 7) is 0. The average Bonchev–Trinajstić information content (AvgIpc) is 2.46. The molecule has 2 N–H and O–H groups in total. The van der Waals surface area contributed by atoms with Gasteiger partial charge in [-0.1, -0.05) is 22.0 Å². The first-order valence-electron chi connectivity index (χ1n) is 6.10. The largest absolute Gasteiger partial charge is 0.493 e. The molecule has 0 aliphatic carbocycles. The molecule has 2 aromatic rings. The van der Waals surface area contributed by atoms with E-state index in [1.54, 1.807) is 6.07 Å². The molecule has 0 bridgehead atoms. The van der Waals surface area contributed by atoms with Crippen LogP contribution in [0, 0.1) is 11.6 Å². The third-order valence-corrected chi connectivity index (χ3v) is 3.63. The van der Waals surface area contributed by atoms with Crippen LogP contribution in [0.2, 0.25) is 0 Å². The summed E-state index contributed by atoms with van der Waals surface area (Å²) in [5, 5.41) is 0. The fourth-order valence-electron chi connectivity index (χ4n) is 2.03. The third-order valence-electron chi connectivity index (χ3n) is 3.14. The molecule has 0 aliphatic rings. The van der Waals surface area contributed by atoms with Crippen LogP contribution in [-0.2, 0) is 0 Å². The Kier molecular flexibility index (Phi) is 4.80. The second kappa shape index (κ2) is 6.41. The highest BCUT2D eigenvalue weighted by Crippen LogP contribution is 2.34. The summed E-state index contributed by atoms with van der Waals surface area (Å²) < 4.78 is 38.8. The zero-order valence-electron chi connectivity index (χ0n) is 11.5. The quantitative estimate of drug-likeness (QED) is 0.905. The van der Waals surface area contributed by atoms with E-state index in [2.05, 4.69) is 15.9 Å². The van der Waals surface area contributed by atoms with Crippen LogP contribution in [0.3, 0.4) is 0 Å². The predicted molar refractivity (Wildman–Crippen MR) is 79.6 cm³/mol. The number of benzene rings is 2. The molecule has 2 aromatic carbocycles. The van der Waals surface area contributed by atoms with E-state index >= 15 is 0 Å². The third kappa shape index (κ3) is 3.16. The number of nitrogens with two attached hydrogens (primary N) is 1. The van der Waals surface area contributed by atoms with Crippen molar-refractivity contribution in [1.82, 2.24) is 0 Å². The second-order valence-corrected chi connectivity index (χ2v) is 5.29. The maximum atomic E-state index is 14.2. The van der Waals surface area contributed by atoms with Crippen LogP contribution in [0.5, 0.6) is 11.5 Å². The van der Waals surface area contributed by atoms with Gasteiger partial charge in [-0.25, -0.2) is 8.78 Å². The molecule has 112 valence electrons. The van der Waals surface area contributed by atoms with Gasteiger partial charge in [0.25, 0.3) is 0 Å². The smallest absolute Gasteiger partial charge is 0.163 e. The van der Waals surface area contributed by atoms with Crippen LogP contribution in [0.25, 0.3) is 0 Å². The first kappa shape index (κ1) is 15.7. The van der Waals surface area contributed by atoms with E-state index in [4.69, 9.17) is 15.2 Å². The lowest BCUT2D eigenvalue weighted by atomic mass is 9.98. The molecule has 0 amide bonds. The number of hydrogen-bond donors (Lipinski definition) is 1. The van der Waals surface area contributed by atoms with E-state index in [1.165, 1.54) is 38.5 Å². The van der Waals surface area contributed by atoms with Gasteiger partial charge in [0, 0.05) is 21.7 Å². The lowest BCUT2D eigenvalue weighted by molar-refractivity contribution is 0.351. The lowest BCUT2D eigenvalue weighted by Gasteiger charge is -2.17. The second-order valence-electron chi connectivity index (χ2n) is 4.37. The fourth-order valence-corrected chi connectivity index (χ4v) is 2.36. The van der Waals surface area contributed by atoms with Gasteiger partial charge in [0.15, 0.2) is 11.5 Å². The number of halogens is 3. The lowest BCUT2D eigenvalue weighted by Crippen LogP contribution is -2.15. The van der Waals surface area contributed by atoms with Crippen LogP contribution >= 0.6 is 15.9 Å². The molecule has 2 rings (SSSR count). The minimum atomic E-state index is -0.946. The van der Waals surface area contributed by atoms with Gasteiger partial charge in [-0.05, 0) is 18.2 Å². The van der Waals surface area contributed by atoms with Crippen molar-refractivity contribution in [1.29, 1.82) is 0 Å². The van der Waals surface area contributed by atoms with Crippen molar-refractivity contribution in [3.63, 3.8) is 0 Å². The van der Waals surface area contributed by atoms with Crippen molar-refractivity contribution < 1.29 is 18.3 Å². The Morgan fingerprint density at radius 3 is 2.10 bits per heavy atom. The van der Waals surface area contributed by atoms with Crippen LogP contribution in [0.4, 0.5) is 8.78 Å². The Labute approximate surface area is 129 Å². The summed E-state index contributed by atoms with van der Waals surface area (Å²) in [7, 11) is 2.84. The Hall–Kier alpha value is -1.66. The van der Waals surface area contributed by atoms with Crippen LogP contribution in [0.1, 0.15) is 17.2 Å². The van der Waals surface area contributed by atoms with Crippen molar-refractivity contribution >= 4 is 15.9 Å².